The molecule has 1 heterocycles. The number of aliphatic carboxylic acids is 1. The van der Waals surface area contributed by atoms with Gasteiger partial charge in [-0.05, 0) is 29.7 Å². The fourth-order valence-electron chi connectivity index (χ4n) is 3.55. The molecule has 0 radical (unpaired) electrons. The number of hydrogen-bond acceptors (Lipinski definition) is 8. The van der Waals surface area contributed by atoms with Crippen molar-refractivity contribution in [3.63, 3.8) is 0 Å². The number of unbranched alkanes of at least 4 members (excludes halogenated alkanes) is 1. The quantitative estimate of drug-likeness (QED) is 0.224. The zero-order chi connectivity index (χ0) is 27.7. The summed E-state index contributed by atoms with van der Waals surface area (Å²) in [5, 5.41) is 17.6. The maximum Gasteiger partial charge on any atom is 0.322 e. The van der Waals surface area contributed by atoms with Crippen LogP contribution in [0.1, 0.15) is 46.6 Å². The molecule has 3 aromatic rings. The highest BCUT2D eigenvalue weighted by Crippen LogP contribution is 2.28. The van der Waals surface area contributed by atoms with Gasteiger partial charge in [-0.2, -0.15) is 0 Å². The third kappa shape index (κ3) is 7.84. The summed E-state index contributed by atoms with van der Waals surface area (Å²) >= 11 is 1.08. The van der Waals surface area contributed by atoms with E-state index in [1.54, 1.807) is 0 Å². The number of carboxylic acids is 1. The van der Waals surface area contributed by atoms with Crippen LogP contribution in [0.25, 0.3) is 0 Å². The monoisotopic (exact) mass is 559 g/mol. The number of urea groups is 1. The van der Waals surface area contributed by atoms with Crippen molar-refractivity contribution in [2.75, 3.05) is 16.4 Å². The Balaban J connectivity index is 1.63. The molecule has 0 spiro atoms. The van der Waals surface area contributed by atoms with Crippen molar-refractivity contribution in [2.24, 2.45) is 5.73 Å². The van der Waals surface area contributed by atoms with Crippen LogP contribution in [0, 0.1) is 0 Å². The van der Waals surface area contributed by atoms with E-state index in [-0.39, 0.29) is 22.1 Å². The van der Waals surface area contributed by atoms with Gasteiger partial charge in [0, 0.05) is 17.6 Å². The number of aromatic nitrogens is 1. The summed E-state index contributed by atoms with van der Waals surface area (Å²) in [6.07, 6.45) is 1.02. The minimum atomic E-state index is -3.83. The van der Waals surface area contributed by atoms with E-state index in [0.717, 1.165) is 16.9 Å². The van der Waals surface area contributed by atoms with Gasteiger partial charge in [0.25, 0.3) is 5.91 Å². The van der Waals surface area contributed by atoms with Crippen molar-refractivity contribution in [3.8, 4) is 0 Å². The normalized spacial score (nSPS) is 12.8. The van der Waals surface area contributed by atoms with Crippen molar-refractivity contribution >= 4 is 49.9 Å². The number of carboxylic acid groups (broad SMARTS) is 1. The second-order valence-electron chi connectivity index (χ2n) is 8.41. The first kappa shape index (κ1) is 28.8. The summed E-state index contributed by atoms with van der Waals surface area (Å²) < 4.78 is 25.6. The van der Waals surface area contributed by atoms with Gasteiger partial charge in [-0.1, -0.05) is 55.8 Å². The summed E-state index contributed by atoms with van der Waals surface area (Å²) in [5.41, 5.74) is 7.31. The molecular weight excluding hydrogens is 530 g/mol. The van der Waals surface area contributed by atoms with E-state index in [1.165, 1.54) is 29.6 Å². The number of carbonyl (C=O) groups is 3. The molecule has 0 aliphatic heterocycles. The first-order chi connectivity index (χ1) is 18.1. The van der Waals surface area contributed by atoms with Gasteiger partial charge in [0.1, 0.15) is 17.0 Å². The Labute approximate surface area is 224 Å². The first-order valence-corrected chi connectivity index (χ1v) is 14.4. The van der Waals surface area contributed by atoms with Crippen LogP contribution in [0.3, 0.4) is 0 Å². The highest BCUT2D eigenvalue weighted by atomic mass is 32.2. The lowest BCUT2D eigenvalue weighted by atomic mass is 10.1. The third-order valence-electron chi connectivity index (χ3n) is 5.53. The molecule has 1 aromatic heterocycles. The molecule has 0 saturated carbocycles. The van der Waals surface area contributed by atoms with Crippen LogP contribution >= 0.6 is 11.3 Å². The summed E-state index contributed by atoms with van der Waals surface area (Å²) in [5.74, 6) is -2.15. The Hall–Kier alpha value is -3.81. The maximum absolute atomic E-state index is 12.8. The van der Waals surface area contributed by atoms with Gasteiger partial charge in [-0.3, -0.25) is 14.9 Å². The number of rotatable bonds is 12. The second-order valence-corrected chi connectivity index (χ2v) is 11.5. The largest absolute Gasteiger partial charge is 0.480 e. The fourth-order valence-corrected chi connectivity index (χ4v) is 6.31. The van der Waals surface area contributed by atoms with Crippen LogP contribution in [0.15, 0.2) is 60.0 Å². The molecule has 2 aromatic carbocycles. The van der Waals surface area contributed by atoms with Gasteiger partial charge < -0.3 is 21.5 Å². The van der Waals surface area contributed by atoms with E-state index in [9.17, 15) is 27.9 Å². The lowest BCUT2D eigenvalue weighted by Crippen LogP contribution is -2.41. The van der Waals surface area contributed by atoms with Gasteiger partial charge in [-0.25, -0.2) is 18.2 Å². The van der Waals surface area contributed by atoms with Crippen LogP contribution in [0.2, 0.25) is 0 Å². The number of amides is 3. The number of anilines is 2. The van der Waals surface area contributed by atoms with E-state index >= 15 is 0 Å². The molecule has 0 bridgehead atoms. The Morgan fingerprint density at radius 3 is 2.37 bits per heavy atom. The van der Waals surface area contributed by atoms with E-state index in [2.05, 4.69) is 20.9 Å². The number of thiazole rings is 1. The second kappa shape index (κ2) is 13.1. The fraction of sp³-hybridized carbons (Fsp3) is 0.280. The average Bonchev–Trinajstić information content (AvgIpc) is 3.36. The highest BCUT2D eigenvalue weighted by molar-refractivity contribution is 7.91. The van der Waals surface area contributed by atoms with Crippen molar-refractivity contribution in [2.45, 2.75) is 37.6 Å². The molecule has 3 amide bonds. The van der Waals surface area contributed by atoms with Gasteiger partial charge in [-0.15, -0.1) is 11.3 Å². The van der Waals surface area contributed by atoms with E-state index in [1.807, 2.05) is 37.3 Å². The Kier molecular flexibility index (Phi) is 9.93. The predicted molar refractivity (Wildman–Crippen MR) is 146 cm³/mol. The molecule has 0 aliphatic rings. The third-order valence-corrected chi connectivity index (χ3v) is 8.49. The minimum absolute atomic E-state index is 0.0744. The number of nitrogens with zero attached hydrogens (tertiary/aromatic N) is 1. The minimum Gasteiger partial charge on any atom is -0.480 e. The summed E-state index contributed by atoms with van der Waals surface area (Å²) in [6.45, 7) is 2.17. The SMILES string of the molecule is CCCCS(=O)(=O)C(c1ccc(NC(=O)c2csc(NC(=O)NCc3ccccc3)n2)cc1)C(N)C(=O)O. The van der Waals surface area contributed by atoms with Crippen molar-refractivity contribution in [1.82, 2.24) is 10.3 Å². The van der Waals surface area contributed by atoms with Crippen molar-refractivity contribution < 1.29 is 27.9 Å². The molecule has 0 saturated heterocycles. The number of nitrogens with one attached hydrogen (secondary N) is 3. The van der Waals surface area contributed by atoms with Crippen LogP contribution in [-0.2, 0) is 21.2 Å². The molecule has 11 nitrogen and oxygen atoms in total. The lowest BCUT2D eigenvalue weighted by molar-refractivity contribution is -0.138. The predicted octanol–water partition coefficient (Wildman–Crippen LogP) is 3.39. The van der Waals surface area contributed by atoms with E-state index in [4.69, 9.17) is 5.73 Å². The highest BCUT2D eigenvalue weighted by Gasteiger charge is 2.36. The summed E-state index contributed by atoms with van der Waals surface area (Å²) in [6, 6.07) is 13.1. The van der Waals surface area contributed by atoms with Gasteiger partial charge >= 0.3 is 12.0 Å². The van der Waals surface area contributed by atoms with Crippen LogP contribution in [0.4, 0.5) is 15.6 Å². The summed E-state index contributed by atoms with van der Waals surface area (Å²) in [4.78, 5) is 40.4. The van der Waals surface area contributed by atoms with E-state index in [0.29, 0.717) is 25.1 Å². The van der Waals surface area contributed by atoms with Crippen LogP contribution < -0.4 is 21.7 Å². The molecule has 2 unspecified atom stereocenters. The topological polar surface area (TPSA) is 181 Å². The molecule has 0 aliphatic carbocycles. The van der Waals surface area contributed by atoms with Crippen molar-refractivity contribution in [3.05, 3.63) is 76.8 Å². The zero-order valence-electron chi connectivity index (χ0n) is 20.6. The summed E-state index contributed by atoms with van der Waals surface area (Å²) in [7, 11) is -3.83. The zero-order valence-corrected chi connectivity index (χ0v) is 22.2. The number of nitrogens with two attached hydrogens (primary N) is 1. The number of hydrogen-bond donors (Lipinski definition) is 5. The number of carbonyl (C=O) groups excluding carboxylic acids is 2. The Morgan fingerprint density at radius 2 is 1.74 bits per heavy atom. The average molecular weight is 560 g/mol. The van der Waals surface area contributed by atoms with Gasteiger partial charge in [0.15, 0.2) is 15.0 Å². The molecule has 2 atom stereocenters. The molecular formula is C25H29N5O6S2. The molecule has 3 rings (SSSR count). The molecule has 6 N–H and O–H groups in total. The smallest absolute Gasteiger partial charge is 0.322 e. The van der Waals surface area contributed by atoms with Crippen LogP contribution in [0.5, 0.6) is 0 Å². The van der Waals surface area contributed by atoms with Crippen molar-refractivity contribution in [1.29, 1.82) is 0 Å². The van der Waals surface area contributed by atoms with Gasteiger partial charge in [0.05, 0.1) is 5.75 Å². The van der Waals surface area contributed by atoms with Crippen LogP contribution in [-0.4, -0.2) is 48.2 Å². The Morgan fingerprint density at radius 1 is 1.05 bits per heavy atom. The standard InChI is InChI=1S/C25H29N5O6S2/c1-2-3-13-38(35,36)21(20(26)23(32)33)17-9-11-18(12-10-17)28-22(31)19-15-37-25(29-19)30-24(34)27-14-16-7-5-4-6-8-16/h4-12,15,20-21H,2-3,13-14,26H2,1H3,(H,28,31)(H,32,33)(H2,27,29,30,34). The number of benzene rings is 2. The molecule has 0 fully saturated rings. The molecule has 202 valence electrons. The van der Waals surface area contributed by atoms with E-state index < -0.39 is 39.0 Å². The number of sulfone groups is 1. The molecule has 13 heteroatoms. The van der Waals surface area contributed by atoms with Gasteiger partial charge in [0.2, 0.25) is 0 Å². The first-order valence-electron chi connectivity index (χ1n) is 11.8. The lowest BCUT2D eigenvalue weighted by Gasteiger charge is -2.22. The molecule has 38 heavy (non-hydrogen) atoms. The Bertz CT molecular complexity index is 1360. The maximum atomic E-state index is 12.8.